The fourth-order valence-corrected chi connectivity index (χ4v) is 2.39. The average molecular weight is 274 g/mol. The molecule has 1 aromatic heterocycles. The largest absolute Gasteiger partial charge is 0.406 e. The molecule has 1 aromatic rings. The standard InChI is InChI=1S/C11H18N2O4S/c1-7(2)8-9(14)12-11(15)13(10(8)18-4)17-6-5-16-3/h7H,5-6H2,1-4H3,(H,12,14,15). The first-order valence-electron chi connectivity index (χ1n) is 5.58. The third-order valence-corrected chi connectivity index (χ3v) is 3.12. The summed E-state index contributed by atoms with van der Waals surface area (Å²) in [4.78, 5) is 31.1. The molecule has 0 aliphatic rings. The van der Waals surface area contributed by atoms with Crippen molar-refractivity contribution in [3.63, 3.8) is 0 Å². The van der Waals surface area contributed by atoms with Crippen LogP contribution in [0.3, 0.4) is 0 Å². The fraction of sp³-hybridized carbons (Fsp3) is 0.636. The van der Waals surface area contributed by atoms with E-state index in [1.165, 1.54) is 11.8 Å². The Bertz CT molecular complexity index is 507. The minimum absolute atomic E-state index is 0.00840. The van der Waals surface area contributed by atoms with Gasteiger partial charge in [-0.15, -0.1) is 16.5 Å². The van der Waals surface area contributed by atoms with Crippen LogP contribution in [0.25, 0.3) is 0 Å². The van der Waals surface area contributed by atoms with E-state index in [1.807, 2.05) is 13.8 Å². The smallest absolute Gasteiger partial charge is 0.362 e. The van der Waals surface area contributed by atoms with Crippen molar-refractivity contribution in [3.8, 4) is 0 Å². The van der Waals surface area contributed by atoms with Crippen molar-refractivity contribution in [3.05, 3.63) is 26.4 Å². The van der Waals surface area contributed by atoms with Crippen LogP contribution in [0.4, 0.5) is 0 Å². The summed E-state index contributed by atoms with van der Waals surface area (Å²) in [5, 5.41) is 0.537. The number of hydrogen-bond acceptors (Lipinski definition) is 5. The molecule has 0 spiro atoms. The van der Waals surface area contributed by atoms with Gasteiger partial charge in [-0.3, -0.25) is 9.78 Å². The third-order valence-electron chi connectivity index (χ3n) is 2.34. The van der Waals surface area contributed by atoms with Gasteiger partial charge in [-0.2, -0.15) is 0 Å². The molecule has 102 valence electrons. The first-order chi connectivity index (χ1) is 8.52. The number of nitrogens with zero attached hydrogens (tertiary/aromatic N) is 1. The second-order valence-corrected chi connectivity index (χ2v) is 4.75. The Morgan fingerprint density at radius 1 is 1.33 bits per heavy atom. The zero-order valence-electron chi connectivity index (χ0n) is 11.0. The maximum Gasteiger partial charge on any atom is 0.362 e. The minimum Gasteiger partial charge on any atom is -0.406 e. The van der Waals surface area contributed by atoms with Gasteiger partial charge < -0.3 is 9.57 Å². The van der Waals surface area contributed by atoms with Crippen LogP contribution in [0.1, 0.15) is 25.3 Å². The van der Waals surface area contributed by atoms with Gasteiger partial charge in [0.1, 0.15) is 11.6 Å². The number of aromatic amines is 1. The highest BCUT2D eigenvalue weighted by Crippen LogP contribution is 2.21. The minimum atomic E-state index is -0.565. The fourth-order valence-electron chi connectivity index (χ4n) is 1.55. The summed E-state index contributed by atoms with van der Waals surface area (Å²) >= 11 is 1.31. The third kappa shape index (κ3) is 3.17. The van der Waals surface area contributed by atoms with E-state index < -0.39 is 5.69 Å². The Morgan fingerprint density at radius 3 is 2.50 bits per heavy atom. The van der Waals surface area contributed by atoms with Gasteiger partial charge in [-0.1, -0.05) is 13.8 Å². The highest BCUT2D eigenvalue weighted by Gasteiger charge is 2.17. The lowest BCUT2D eigenvalue weighted by Crippen LogP contribution is -2.38. The molecule has 1 rings (SSSR count). The molecule has 0 saturated heterocycles. The lowest BCUT2D eigenvalue weighted by atomic mass is 10.1. The average Bonchev–Trinajstić information content (AvgIpc) is 2.30. The van der Waals surface area contributed by atoms with E-state index in [1.54, 1.807) is 13.4 Å². The molecule has 0 atom stereocenters. The summed E-state index contributed by atoms with van der Waals surface area (Å²) < 4.78 is 5.98. The normalized spacial score (nSPS) is 10.9. The summed E-state index contributed by atoms with van der Waals surface area (Å²) in [6.07, 6.45) is 1.80. The van der Waals surface area contributed by atoms with Crippen molar-refractivity contribution >= 4 is 11.8 Å². The summed E-state index contributed by atoms with van der Waals surface area (Å²) in [7, 11) is 1.55. The number of thioether (sulfide) groups is 1. The number of ether oxygens (including phenoxy) is 1. The van der Waals surface area contributed by atoms with Gasteiger partial charge in [0.05, 0.1) is 12.2 Å². The SMILES string of the molecule is COCCOn1c(SC)c(C(C)C)c(=O)[nH]c1=O. The molecule has 0 aliphatic carbocycles. The molecule has 0 saturated carbocycles. The maximum atomic E-state index is 11.8. The first kappa shape index (κ1) is 14.8. The van der Waals surface area contributed by atoms with Gasteiger partial charge >= 0.3 is 5.69 Å². The molecule has 6 nitrogen and oxygen atoms in total. The molecule has 7 heteroatoms. The maximum absolute atomic E-state index is 11.8. The Balaban J connectivity index is 3.27. The van der Waals surface area contributed by atoms with Crippen LogP contribution in [0.5, 0.6) is 0 Å². The zero-order chi connectivity index (χ0) is 13.7. The topological polar surface area (TPSA) is 73.3 Å². The van der Waals surface area contributed by atoms with E-state index >= 15 is 0 Å². The molecule has 0 bridgehead atoms. The van der Waals surface area contributed by atoms with Crippen LogP contribution in [0.15, 0.2) is 14.6 Å². The van der Waals surface area contributed by atoms with E-state index in [2.05, 4.69) is 4.98 Å². The Morgan fingerprint density at radius 2 is 2.00 bits per heavy atom. The molecule has 0 aliphatic heterocycles. The molecule has 0 fully saturated rings. The van der Waals surface area contributed by atoms with Crippen molar-refractivity contribution in [2.24, 2.45) is 0 Å². The first-order valence-corrected chi connectivity index (χ1v) is 6.80. The van der Waals surface area contributed by atoms with Gasteiger partial charge in [0.25, 0.3) is 5.56 Å². The van der Waals surface area contributed by atoms with Crippen molar-refractivity contribution in [1.29, 1.82) is 0 Å². The zero-order valence-corrected chi connectivity index (χ0v) is 11.8. The van der Waals surface area contributed by atoms with E-state index in [4.69, 9.17) is 9.57 Å². The van der Waals surface area contributed by atoms with E-state index in [0.29, 0.717) is 17.2 Å². The molecule has 18 heavy (non-hydrogen) atoms. The molecule has 1 heterocycles. The van der Waals surface area contributed by atoms with Gasteiger partial charge in [0.15, 0.2) is 0 Å². The number of nitrogens with one attached hydrogen (secondary N) is 1. The summed E-state index contributed by atoms with van der Waals surface area (Å²) in [6, 6.07) is 0. The second kappa shape index (κ2) is 6.65. The monoisotopic (exact) mass is 274 g/mol. The number of hydrogen-bond donors (Lipinski definition) is 1. The molecular weight excluding hydrogens is 256 g/mol. The van der Waals surface area contributed by atoms with E-state index in [9.17, 15) is 9.59 Å². The number of methoxy groups -OCH3 is 1. The quantitative estimate of drug-likeness (QED) is 0.463. The molecule has 0 unspecified atom stereocenters. The lowest BCUT2D eigenvalue weighted by molar-refractivity contribution is 0.0372. The molecule has 1 N–H and O–H groups in total. The Kier molecular flexibility index (Phi) is 5.49. The van der Waals surface area contributed by atoms with Gasteiger partial charge in [0.2, 0.25) is 0 Å². The highest BCUT2D eigenvalue weighted by atomic mass is 32.2. The van der Waals surface area contributed by atoms with Crippen LogP contribution in [0, 0.1) is 0 Å². The van der Waals surface area contributed by atoms with Gasteiger partial charge in [0, 0.05) is 7.11 Å². The van der Waals surface area contributed by atoms with Gasteiger partial charge in [-0.25, -0.2) is 4.79 Å². The predicted molar refractivity (Wildman–Crippen MR) is 70.5 cm³/mol. The van der Waals surface area contributed by atoms with E-state index in [-0.39, 0.29) is 18.1 Å². The summed E-state index contributed by atoms with van der Waals surface area (Å²) in [5.74, 6) is 0.00840. The molecule has 0 radical (unpaired) electrons. The summed E-state index contributed by atoms with van der Waals surface area (Å²) in [6.45, 7) is 4.41. The van der Waals surface area contributed by atoms with Crippen molar-refractivity contribution < 1.29 is 9.57 Å². The Labute approximate surface area is 109 Å². The van der Waals surface area contributed by atoms with Crippen LogP contribution in [0.2, 0.25) is 0 Å². The Hall–Kier alpha value is -1.21. The molecular formula is C11H18N2O4S. The van der Waals surface area contributed by atoms with Crippen molar-refractivity contribution in [2.45, 2.75) is 24.8 Å². The van der Waals surface area contributed by atoms with Crippen molar-refractivity contribution in [1.82, 2.24) is 9.71 Å². The number of H-pyrrole nitrogens is 1. The van der Waals surface area contributed by atoms with Crippen LogP contribution in [-0.4, -0.2) is 36.3 Å². The van der Waals surface area contributed by atoms with Crippen LogP contribution in [-0.2, 0) is 4.74 Å². The molecule has 0 amide bonds. The van der Waals surface area contributed by atoms with Crippen molar-refractivity contribution in [2.75, 3.05) is 26.6 Å². The summed E-state index contributed by atoms with van der Waals surface area (Å²) in [5.41, 5.74) is -0.365. The van der Waals surface area contributed by atoms with Crippen LogP contribution >= 0.6 is 11.8 Å². The van der Waals surface area contributed by atoms with Gasteiger partial charge in [-0.05, 0) is 12.2 Å². The lowest BCUT2D eigenvalue weighted by Gasteiger charge is -2.16. The molecule has 0 aromatic carbocycles. The van der Waals surface area contributed by atoms with Crippen LogP contribution < -0.4 is 16.1 Å². The second-order valence-electron chi connectivity index (χ2n) is 3.96. The predicted octanol–water partition coefficient (Wildman–Crippen LogP) is 0.457. The number of rotatable bonds is 6. The van der Waals surface area contributed by atoms with E-state index in [0.717, 1.165) is 4.73 Å². The highest BCUT2D eigenvalue weighted by molar-refractivity contribution is 7.98. The number of aromatic nitrogens is 2.